The van der Waals surface area contributed by atoms with Crippen molar-refractivity contribution in [3.63, 3.8) is 0 Å². The van der Waals surface area contributed by atoms with Crippen LogP contribution < -0.4 is 10.6 Å². The Morgan fingerprint density at radius 3 is 2.65 bits per heavy atom. The van der Waals surface area contributed by atoms with Crippen LogP contribution in [0.5, 0.6) is 0 Å². The van der Waals surface area contributed by atoms with Gasteiger partial charge in [0.05, 0.1) is 22.6 Å². The van der Waals surface area contributed by atoms with Crippen molar-refractivity contribution in [3.05, 3.63) is 80.6 Å². The first-order valence-electron chi connectivity index (χ1n) is 10.6. The second-order valence-electron chi connectivity index (χ2n) is 8.08. The van der Waals surface area contributed by atoms with Crippen LogP contribution in [0.4, 0.5) is 0 Å². The Morgan fingerprint density at radius 1 is 1.15 bits per heavy atom. The molecule has 1 aromatic carbocycles. The molecule has 0 fully saturated rings. The zero-order chi connectivity index (χ0) is 24.2. The molecular formula is C24H22N6O3S. The summed E-state index contributed by atoms with van der Waals surface area (Å²) in [5.41, 5.74) is 3.61. The average molecular weight is 475 g/mol. The molecule has 1 aliphatic carbocycles. The second-order valence-corrected chi connectivity index (χ2v) is 8.99. The third-order valence-corrected chi connectivity index (χ3v) is 6.48. The lowest BCUT2D eigenvalue weighted by Gasteiger charge is -2.14. The summed E-state index contributed by atoms with van der Waals surface area (Å²) in [4.78, 5) is 47.5. The first-order chi connectivity index (χ1) is 16.4. The summed E-state index contributed by atoms with van der Waals surface area (Å²) in [5, 5.41) is 16.6. The maximum absolute atomic E-state index is 12.8. The zero-order valence-electron chi connectivity index (χ0n) is 18.7. The van der Waals surface area contributed by atoms with E-state index in [-0.39, 0.29) is 29.9 Å². The normalized spacial score (nSPS) is 14.1. The Kier molecular flexibility index (Phi) is 6.65. The molecule has 0 aliphatic heterocycles. The second kappa shape index (κ2) is 9.80. The quantitative estimate of drug-likeness (QED) is 0.565. The molecule has 0 bridgehead atoms. The molecule has 0 unspecified atom stereocenters. The van der Waals surface area contributed by atoms with Gasteiger partial charge in [-0.1, -0.05) is 6.07 Å². The highest BCUT2D eigenvalue weighted by Gasteiger charge is 2.25. The van der Waals surface area contributed by atoms with Gasteiger partial charge in [0.2, 0.25) is 0 Å². The number of carbonyl (C=O) groups is 3. The first-order valence-corrected chi connectivity index (χ1v) is 11.5. The van der Waals surface area contributed by atoms with Gasteiger partial charge in [-0.2, -0.15) is 5.26 Å². The van der Waals surface area contributed by atoms with Crippen molar-refractivity contribution in [3.8, 4) is 6.07 Å². The van der Waals surface area contributed by atoms with E-state index in [1.54, 1.807) is 26.2 Å². The minimum atomic E-state index is -0.446. The van der Waals surface area contributed by atoms with Gasteiger partial charge in [-0.3, -0.25) is 14.4 Å². The highest BCUT2D eigenvalue weighted by atomic mass is 32.1. The Hall–Kier alpha value is -4.10. The van der Waals surface area contributed by atoms with Gasteiger partial charge in [0, 0.05) is 26.7 Å². The summed E-state index contributed by atoms with van der Waals surface area (Å²) in [6.45, 7) is 0.227. The van der Waals surface area contributed by atoms with Gasteiger partial charge in [-0.25, -0.2) is 9.97 Å². The summed E-state index contributed by atoms with van der Waals surface area (Å²) in [6, 6.07) is 10.5. The van der Waals surface area contributed by atoms with Crippen LogP contribution in [-0.2, 0) is 13.0 Å². The lowest BCUT2D eigenvalue weighted by molar-refractivity contribution is 0.0831. The molecule has 0 saturated heterocycles. The third-order valence-electron chi connectivity index (χ3n) is 5.51. The largest absolute Gasteiger partial charge is 0.347 e. The number of benzene rings is 1. The number of hydrogen-bond acceptors (Lipinski definition) is 7. The number of amides is 3. The van der Waals surface area contributed by atoms with Crippen LogP contribution in [0.1, 0.15) is 65.4 Å². The van der Waals surface area contributed by atoms with Gasteiger partial charge in [0.25, 0.3) is 17.7 Å². The molecule has 4 rings (SSSR count). The number of nitriles is 1. The number of nitrogens with zero attached hydrogens (tertiary/aromatic N) is 4. The Balaban J connectivity index is 1.38. The first kappa shape index (κ1) is 23.1. The van der Waals surface area contributed by atoms with Crippen molar-refractivity contribution in [1.82, 2.24) is 25.5 Å². The van der Waals surface area contributed by atoms with E-state index in [1.807, 2.05) is 17.5 Å². The molecule has 172 valence electrons. The van der Waals surface area contributed by atoms with Gasteiger partial charge >= 0.3 is 0 Å². The fraction of sp³-hybridized carbons (Fsp3) is 0.250. The third kappa shape index (κ3) is 4.94. The van der Waals surface area contributed by atoms with Crippen molar-refractivity contribution >= 4 is 29.1 Å². The fourth-order valence-electron chi connectivity index (χ4n) is 3.75. The molecule has 34 heavy (non-hydrogen) atoms. The maximum Gasteiger partial charge on any atom is 0.270 e. The Labute approximate surface area is 200 Å². The molecule has 2 N–H and O–H groups in total. The van der Waals surface area contributed by atoms with Gasteiger partial charge in [-0.15, -0.1) is 11.3 Å². The Bertz CT molecular complexity index is 1310. The highest BCUT2D eigenvalue weighted by Crippen LogP contribution is 2.31. The van der Waals surface area contributed by atoms with E-state index < -0.39 is 11.8 Å². The molecule has 0 radical (unpaired) electrons. The van der Waals surface area contributed by atoms with Gasteiger partial charge in [-0.05, 0) is 53.1 Å². The molecule has 0 spiro atoms. The molecule has 1 aliphatic rings. The fourth-order valence-corrected chi connectivity index (χ4v) is 4.68. The van der Waals surface area contributed by atoms with E-state index in [1.165, 1.54) is 28.6 Å². The predicted octanol–water partition coefficient (Wildman–Crippen LogP) is 2.46. The minimum absolute atomic E-state index is 0.0745. The van der Waals surface area contributed by atoms with Crippen molar-refractivity contribution in [2.45, 2.75) is 25.4 Å². The van der Waals surface area contributed by atoms with E-state index in [0.29, 0.717) is 10.4 Å². The van der Waals surface area contributed by atoms with E-state index in [2.05, 4.69) is 26.7 Å². The van der Waals surface area contributed by atoms with E-state index in [0.717, 1.165) is 29.5 Å². The summed E-state index contributed by atoms with van der Waals surface area (Å²) in [7, 11) is 3.37. The van der Waals surface area contributed by atoms with Crippen molar-refractivity contribution < 1.29 is 14.4 Å². The lowest BCUT2D eigenvalue weighted by atomic mass is 10.1. The molecule has 9 nitrogen and oxygen atoms in total. The zero-order valence-corrected chi connectivity index (χ0v) is 19.5. The number of fused-ring (bicyclic) bond motifs is 1. The van der Waals surface area contributed by atoms with Gasteiger partial charge in [0.1, 0.15) is 17.7 Å². The van der Waals surface area contributed by atoms with E-state index in [9.17, 15) is 14.4 Å². The molecular weight excluding hydrogens is 452 g/mol. The van der Waals surface area contributed by atoms with Crippen molar-refractivity contribution in [2.24, 2.45) is 0 Å². The SMILES string of the molecule is CN(C)C(=O)c1cc(CNC(=O)c2cc(C(=O)N[C@H]3CCc4cc(C#N)ccc43)ncn2)cs1. The summed E-state index contributed by atoms with van der Waals surface area (Å²) >= 11 is 1.32. The van der Waals surface area contributed by atoms with Crippen LogP contribution in [0.3, 0.4) is 0 Å². The van der Waals surface area contributed by atoms with Crippen LogP contribution in [0.2, 0.25) is 0 Å². The summed E-state index contributed by atoms with van der Waals surface area (Å²) < 4.78 is 0. The number of aryl methyl sites for hydroxylation is 1. The van der Waals surface area contributed by atoms with Crippen LogP contribution in [0.25, 0.3) is 0 Å². The minimum Gasteiger partial charge on any atom is -0.347 e. The number of carbonyl (C=O) groups excluding carboxylic acids is 3. The number of aromatic nitrogens is 2. The van der Waals surface area contributed by atoms with E-state index in [4.69, 9.17) is 5.26 Å². The van der Waals surface area contributed by atoms with Gasteiger partial charge < -0.3 is 15.5 Å². The summed E-state index contributed by atoms with van der Waals surface area (Å²) in [6.07, 6.45) is 2.69. The standard InChI is InChI=1S/C24H22N6O3S/c1-30(2)24(33)21-8-15(12-34-21)11-26-22(31)19-9-20(28-13-27-19)23(32)29-18-6-4-16-7-14(10-25)3-5-17(16)18/h3,5,7-9,12-13,18H,4,6,11H2,1-2H3,(H,26,31)(H,29,32)/t18-/m0/s1. The molecule has 2 heterocycles. The Morgan fingerprint density at radius 2 is 1.91 bits per heavy atom. The number of nitrogens with one attached hydrogen (secondary N) is 2. The van der Waals surface area contributed by atoms with Crippen LogP contribution >= 0.6 is 11.3 Å². The maximum atomic E-state index is 12.8. The molecule has 1 atom stereocenters. The smallest absolute Gasteiger partial charge is 0.270 e. The molecule has 3 aromatic rings. The molecule has 3 amide bonds. The highest BCUT2D eigenvalue weighted by molar-refractivity contribution is 7.12. The van der Waals surface area contributed by atoms with E-state index >= 15 is 0 Å². The van der Waals surface area contributed by atoms with Crippen LogP contribution in [-0.4, -0.2) is 46.7 Å². The molecule has 10 heteroatoms. The van der Waals surface area contributed by atoms with Crippen LogP contribution in [0, 0.1) is 11.3 Å². The number of hydrogen-bond donors (Lipinski definition) is 2. The number of thiophene rings is 1. The predicted molar refractivity (Wildman–Crippen MR) is 125 cm³/mol. The average Bonchev–Trinajstić information content (AvgIpc) is 3.48. The lowest BCUT2D eigenvalue weighted by Crippen LogP contribution is -2.29. The van der Waals surface area contributed by atoms with Crippen LogP contribution in [0.15, 0.2) is 42.0 Å². The molecule has 2 aromatic heterocycles. The molecule has 0 saturated carbocycles. The van der Waals surface area contributed by atoms with Crippen molar-refractivity contribution in [1.29, 1.82) is 5.26 Å². The van der Waals surface area contributed by atoms with Crippen molar-refractivity contribution in [2.75, 3.05) is 14.1 Å². The topological polar surface area (TPSA) is 128 Å². The summed E-state index contributed by atoms with van der Waals surface area (Å²) in [5.74, 6) is -0.939. The monoisotopic (exact) mass is 474 g/mol. The number of rotatable bonds is 6. The van der Waals surface area contributed by atoms with Gasteiger partial charge in [0.15, 0.2) is 0 Å².